The molecule has 0 fully saturated rings. The van der Waals surface area contributed by atoms with E-state index in [1.54, 1.807) is 0 Å². The lowest BCUT2D eigenvalue weighted by Crippen LogP contribution is -2.43. The van der Waals surface area contributed by atoms with Gasteiger partial charge in [0.15, 0.2) is 0 Å². The summed E-state index contributed by atoms with van der Waals surface area (Å²) in [4.78, 5) is 35.4. The summed E-state index contributed by atoms with van der Waals surface area (Å²) in [6.45, 7) is 0. The molecule has 5 aromatic rings. The van der Waals surface area contributed by atoms with Gasteiger partial charge in [-0.2, -0.15) is 0 Å². The van der Waals surface area contributed by atoms with Crippen LogP contribution in [0.4, 0.5) is 0 Å². The van der Waals surface area contributed by atoms with Crippen LogP contribution in [0.15, 0.2) is 84.9 Å². The van der Waals surface area contributed by atoms with Crippen molar-refractivity contribution in [3.05, 3.63) is 96.2 Å². The molecular formula is C27H21N3O3. The molecule has 6 heteroatoms. The Morgan fingerprint density at radius 2 is 1.39 bits per heavy atom. The Morgan fingerprint density at radius 3 is 2.06 bits per heavy atom. The minimum Gasteiger partial charge on any atom is -0.467 e. The monoisotopic (exact) mass is 435 g/mol. The molecule has 2 aromatic heterocycles. The van der Waals surface area contributed by atoms with Crippen molar-refractivity contribution in [2.24, 2.45) is 0 Å². The number of nitrogens with one attached hydrogen (secondary N) is 1. The van der Waals surface area contributed by atoms with Crippen LogP contribution >= 0.6 is 0 Å². The van der Waals surface area contributed by atoms with Crippen LogP contribution in [0, 0.1) is 0 Å². The highest BCUT2D eigenvalue weighted by Crippen LogP contribution is 2.26. The number of hydrogen-bond acceptors (Lipinski definition) is 5. The third-order valence-electron chi connectivity index (χ3n) is 5.68. The SMILES string of the molecule is COC(=O)[C@@H](Cc1ccc2ccccc2n1)NC(=O)c1c2ccccc2nc2ccccc12. The molecule has 1 N–H and O–H groups in total. The molecule has 2 heterocycles. The maximum atomic E-state index is 13.5. The Morgan fingerprint density at radius 1 is 0.788 bits per heavy atom. The first kappa shape index (κ1) is 20.6. The van der Waals surface area contributed by atoms with E-state index >= 15 is 0 Å². The summed E-state index contributed by atoms with van der Waals surface area (Å²) in [5.74, 6) is -0.887. The minimum atomic E-state index is -0.887. The summed E-state index contributed by atoms with van der Waals surface area (Å²) in [6.07, 6.45) is 0.212. The molecule has 33 heavy (non-hydrogen) atoms. The van der Waals surface area contributed by atoms with Gasteiger partial charge in [0.25, 0.3) is 5.91 Å². The standard InChI is InChI=1S/C27H21N3O3/c1-33-27(32)24(16-18-15-14-17-8-2-5-11-21(17)28-18)30-26(31)25-19-9-3-6-12-22(19)29-23-13-7-4-10-20(23)25/h2-15,24H,16H2,1H3,(H,30,31)/t24-/m1/s1. The largest absolute Gasteiger partial charge is 0.467 e. The van der Waals surface area contributed by atoms with Crippen molar-refractivity contribution in [3.8, 4) is 0 Å². The van der Waals surface area contributed by atoms with Crippen molar-refractivity contribution < 1.29 is 14.3 Å². The van der Waals surface area contributed by atoms with Gasteiger partial charge in [0, 0.05) is 28.3 Å². The third kappa shape index (κ3) is 3.99. The second-order valence-electron chi connectivity index (χ2n) is 7.77. The molecule has 5 rings (SSSR count). The topological polar surface area (TPSA) is 81.2 Å². The van der Waals surface area contributed by atoms with Crippen LogP contribution in [-0.2, 0) is 16.0 Å². The molecule has 0 saturated heterocycles. The Balaban J connectivity index is 1.52. The van der Waals surface area contributed by atoms with Crippen molar-refractivity contribution in [2.75, 3.05) is 7.11 Å². The molecule has 0 aliphatic heterocycles. The zero-order chi connectivity index (χ0) is 22.8. The Labute approximate surface area is 190 Å². The number of fused-ring (bicyclic) bond motifs is 3. The summed E-state index contributed by atoms with van der Waals surface area (Å²) in [5, 5.41) is 5.34. The smallest absolute Gasteiger partial charge is 0.328 e. The minimum absolute atomic E-state index is 0.212. The first-order valence-corrected chi connectivity index (χ1v) is 10.6. The van der Waals surface area contributed by atoms with Gasteiger partial charge in [-0.3, -0.25) is 9.78 Å². The predicted octanol–water partition coefficient (Wildman–Crippen LogP) is 4.45. The highest BCUT2D eigenvalue weighted by molar-refractivity contribution is 6.16. The fraction of sp³-hybridized carbons (Fsp3) is 0.111. The lowest BCUT2D eigenvalue weighted by Gasteiger charge is -2.18. The van der Waals surface area contributed by atoms with E-state index in [1.165, 1.54) is 7.11 Å². The summed E-state index contributed by atoms with van der Waals surface area (Å²) in [6, 6.07) is 25.7. The van der Waals surface area contributed by atoms with E-state index in [4.69, 9.17) is 4.74 Å². The Hall–Kier alpha value is -4.32. The first-order valence-electron chi connectivity index (χ1n) is 10.6. The van der Waals surface area contributed by atoms with Crippen LogP contribution in [0.2, 0.25) is 0 Å². The average Bonchev–Trinajstić information content (AvgIpc) is 2.86. The van der Waals surface area contributed by atoms with E-state index in [0.29, 0.717) is 22.3 Å². The molecule has 162 valence electrons. The normalized spacial score (nSPS) is 12.0. The number of carbonyl (C=O) groups is 2. The number of aromatic nitrogens is 2. The second kappa shape index (κ2) is 8.67. The molecule has 0 bridgehead atoms. The Bertz CT molecular complexity index is 1460. The fourth-order valence-electron chi connectivity index (χ4n) is 4.08. The molecule has 0 spiro atoms. The van der Waals surface area contributed by atoms with Crippen molar-refractivity contribution in [3.63, 3.8) is 0 Å². The van der Waals surface area contributed by atoms with E-state index in [2.05, 4.69) is 15.3 Å². The lowest BCUT2D eigenvalue weighted by atomic mass is 10.0. The molecular weight excluding hydrogens is 414 g/mol. The van der Waals surface area contributed by atoms with Gasteiger partial charge >= 0.3 is 5.97 Å². The zero-order valence-electron chi connectivity index (χ0n) is 18.0. The van der Waals surface area contributed by atoms with Crippen molar-refractivity contribution in [2.45, 2.75) is 12.5 Å². The fourth-order valence-corrected chi connectivity index (χ4v) is 4.08. The highest BCUT2D eigenvalue weighted by Gasteiger charge is 2.25. The molecule has 1 amide bonds. The zero-order valence-corrected chi connectivity index (χ0v) is 18.0. The molecule has 0 radical (unpaired) electrons. The highest BCUT2D eigenvalue weighted by atomic mass is 16.5. The number of hydrogen-bond donors (Lipinski definition) is 1. The van der Waals surface area contributed by atoms with Gasteiger partial charge < -0.3 is 10.1 Å². The van der Waals surface area contributed by atoms with Gasteiger partial charge in [-0.15, -0.1) is 0 Å². The van der Waals surface area contributed by atoms with E-state index in [-0.39, 0.29) is 12.3 Å². The number of esters is 1. The number of pyridine rings is 2. The maximum Gasteiger partial charge on any atom is 0.328 e. The lowest BCUT2D eigenvalue weighted by molar-refractivity contribution is -0.142. The average molecular weight is 435 g/mol. The van der Waals surface area contributed by atoms with Crippen LogP contribution < -0.4 is 5.32 Å². The predicted molar refractivity (Wildman–Crippen MR) is 128 cm³/mol. The number of para-hydroxylation sites is 3. The van der Waals surface area contributed by atoms with Gasteiger partial charge in [-0.05, 0) is 24.3 Å². The van der Waals surface area contributed by atoms with E-state index in [1.807, 2.05) is 84.9 Å². The summed E-state index contributed by atoms with van der Waals surface area (Å²) in [7, 11) is 1.31. The van der Waals surface area contributed by atoms with Crippen molar-refractivity contribution in [1.82, 2.24) is 15.3 Å². The third-order valence-corrected chi connectivity index (χ3v) is 5.68. The van der Waals surface area contributed by atoms with Gasteiger partial charge in [0.1, 0.15) is 6.04 Å². The van der Waals surface area contributed by atoms with Crippen LogP contribution in [0.3, 0.4) is 0 Å². The molecule has 0 unspecified atom stereocenters. The van der Waals surface area contributed by atoms with Crippen LogP contribution in [0.5, 0.6) is 0 Å². The quantitative estimate of drug-likeness (QED) is 0.326. The maximum absolute atomic E-state index is 13.5. The molecule has 0 saturated carbocycles. The van der Waals surface area contributed by atoms with E-state index in [9.17, 15) is 9.59 Å². The van der Waals surface area contributed by atoms with E-state index in [0.717, 1.165) is 21.7 Å². The number of benzene rings is 3. The molecule has 6 nitrogen and oxygen atoms in total. The van der Waals surface area contributed by atoms with Crippen molar-refractivity contribution in [1.29, 1.82) is 0 Å². The first-order chi connectivity index (χ1) is 16.1. The van der Waals surface area contributed by atoms with Gasteiger partial charge in [0.2, 0.25) is 0 Å². The van der Waals surface area contributed by atoms with E-state index < -0.39 is 12.0 Å². The number of rotatable bonds is 5. The Kier molecular flexibility index (Phi) is 5.40. The summed E-state index contributed by atoms with van der Waals surface area (Å²) in [5.41, 5.74) is 3.43. The van der Waals surface area contributed by atoms with Gasteiger partial charge in [-0.25, -0.2) is 9.78 Å². The van der Waals surface area contributed by atoms with Gasteiger partial charge in [0.05, 0.1) is 29.2 Å². The molecule has 0 aliphatic rings. The van der Waals surface area contributed by atoms with Crippen molar-refractivity contribution >= 4 is 44.6 Å². The number of methoxy groups -OCH3 is 1. The van der Waals surface area contributed by atoms with Crippen LogP contribution in [-0.4, -0.2) is 35.0 Å². The number of nitrogens with zero attached hydrogens (tertiary/aromatic N) is 2. The number of carbonyl (C=O) groups excluding carboxylic acids is 2. The number of amides is 1. The molecule has 1 atom stereocenters. The van der Waals surface area contributed by atoms with Gasteiger partial charge in [-0.1, -0.05) is 60.7 Å². The molecule has 0 aliphatic carbocycles. The summed E-state index contributed by atoms with van der Waals surface area (Å²) >= 11 is 0. The summed E-state index contributed by atoms with van der Waals surface area (Å²) < 4.78 is 4.99. The second-order valence-corrected chi connectivity index (χ2v) is 7.77. The van der Waals surface area contributed by atoms with Crippen LogP contribution in [0.25, 0.3) is 32.7 Å². The number of ether oxygens (including phenoxy) is 1. The van der Waals surface area contributed by atoms with Crippen LogP contribution in [0.1, 0.15) is 16.1 Å². The molecule has 3 aromatic carbocycles.